The summed E-state index contributed by atoms with van der Waals surface area (Å²) >= 11 is 0. The van der Waals surface area contributed by atoms with Gasteiger partial charge in [-0.15, -0.1) is 0 Å². The summed E-state index contributed by atoms with van der Waals surface area (Å²) in [6.07, 6.45) is 3.39. The maximum absolute atomic E-state index is 10.6. The second-order valence-electron chi connectivity index (χ2n) is 3.66. The summed E-state index contributed by atoms with van der Waals surface area (Å²) in [5.41, 5.74) is 0.564. The number of methoxy groups -OCH3 is 1. The molecular weight excluding hydrogens is 220 g/mol. The van der Waals surface area contributed by atoms with Crippen LogP contribution >= 0.6 is 0 Å². The molecule has 0 unspecified atom stereocenters. The van der Waals surface area contributed by atoms with Crippen LogP contribution in [0, 0.1) is 0 Å². The van der Waals surface area contributed by atoms with Crippen LogP contribution in [-0.2, 0) is 0 Å². The first-order valence-electron chi connectivity index (χ1n) is 5.68. The van der Waals surface area contributed by atoms with E-state index in [1.807, 2.05) is 0 Å². The Morgan fingerprint density at radius 3 is 2.71 bits per heavy atom. The van der Waals surface area contributed by atoms with E-state index in [1.54, 1.807) is 25.3 Å². The number of benzene rings is 1. The molecule has 0 aliphatic heterocycles. The highest BCUT2D eigenvalue weighted by molar-refractivity contribution is 5.76. The maximum atomic E-state index is 10.6. The molecule has 4 heteroatoms. The summed E-state index contributed by atoms with van der Waals surface area (Å²) in [7, 11) is 1.54. The van der Waals surface area contributed by atoms with E-state index in [0.717, 1.165) is 25.5 Å². The largest absolute Gasteiger partial charge is 0.493 e. The molecule has 1 aromatic rings. The number of ether oxygens (including phenoxy) is 2. The molecule has 0 amide bonds. The van der Waals surface area contributed by atoms with Crippen LogP contribution in [0.25, 0.3) is 0 Å². The highest BCUT2D eigenvalue weighted by Crippen LogP contribution is 2.27. The van der Waals surface area contributed by atoms with Gasteiger partial charge in [0.05, 0.1) is 13.7 Å². The summed E-state index contributed by atoms with van der Waals surface area (Å²) in [5.74, 6) is 1.21. The number of hydrogen-bond acceptors (Lipinski definition) is 4. The molecule has 0 aliphatic carbocycles. The second kappa shape index (κ2) is 7.68. The van der Waals surface area contributed by atoms with Gasteiger partial charge in [-0.25, -0.2) is 0 Å². The average molecular weight is 238 g/mol. The van der Waals surface area contributed by atoms with Gasteiger partial charge in [0, 0.05) is 12.2 Å². The van der Waals surface area contributed by atoms with Gasteiger partial charge >= 0.3 is 0 Å². The van der Waals surface area contributed by atoms with Crippen LogP contribution in [0.1, 0.15) is 29.6 Å². The van der Waals surface area contributed by atoms with Crippen molar-refractivity contribution in [1.29, 1.82) is 0 Å². The molecule has 0 atom stereocenters. The number of unbranched alkanes of at least 4 members (excludes halogenated alkanes) is 2. The van der Waals surface area contributed by atoms with Gasteiger partial charge in [0.1, 0.15) is 6.29 Å². The lowest BCUT2D eigenvalue weighted by Gasteiger charge is -2.10. The van der Waals surface area contributed by atoms with Crippen LogP contribution in [0.2, 0.25) is 0 Å². The summed E-state index contributed by atoms with van der Waals surface area (Å²) in [5, 5.41) is 8.63. The third kappa shape index (κ3) is 4.44. The Morgan fingerprint density at radius 1 is 1.24 bits per heavy atom. The zero-order chi connectivity index (χ0) is 12.5. The van der Waals surface area contributed by atoms with Gasteiger partial charge in [-0.05, 0) is 37.5 Å². The zero-order valence-corrected chi connectivity index (χ0v) is 10.0. The third-order valence-electron chi connectivity index (χ3n) is 2.38. The standard InChI is InChI=1S/C13H18O4/c1-16-13-9-11(10-15)5-6-12(13)17-8-4-2-3-7-14/h5-6,9-10,14H,2-4,7-8H2,1H3. The van der Waals surface area contributed by atoms with Crippen molar-refractivity contribution < 1.29 is 19.4 Å². The van der Waals surface area contributed by atoms with Crippen LogP contribution in [0.4, 0.5) is 0 Å². The molecule has 0 saturated heterocycles. The first-order valence-corrected chi connectivity index (χ1v) is 5.68. The Labute approximate surface area is 101 Å². The molecule has 4 nitrogen and oxygen atoms in total. The summed E-state index contributed by atoms with van der Waals surface area (Å²) in [6.45, 7) is 0.800. The van der Waals surface area contributed by atoms with Crippen LogP contribution < -0.4 is 9.47 Å². The Kier molecular flexibility index (Phi) is 6.10. The SMILES string of the molecule is COc1cc(C=O)ccc1OCCCCCO. The summed E-state index contributed by atoms with van der Waals surface area (Å²) in [4.78, 5) is 10.6. The van der Waals surface area contributed by atoms with Crippen molar-refractivity contribution in [2.75, 3.05) is 20.3 Å². The molecule has 17 heavy (non-hydrogen) atoms. The second-order valence-corrected chi connectivity index (χ2v) is 3.66. The average Bonchev–Trinajstić information content (AvgIpc) is 2.38. The van der Waals surface area contributed by atoms with E-state index in [1.165, 1.54) is 0 Å². The maximum Gasteiger partial charge on any atom is 0.161 e. The first-order chi connectivity index (χ1) is 8.31. The van der Waals surface area contributed by atoms with E-state index >= 15 is 0 Å². The Hall–Kier alpha value is -1.55. The predicted octanol–water partition coefficient (Wildman–Crippen LogP) is 2.05. The van der Waals surface area contributed by atoms with Crippen LogP contribution in [0.15, 0.2) is 18.2 Å². The van der Waals surface area contributed by atoms with Gasteiger partial charge in [-0.2, -0.15) is 0 Å². The summed E-state index contributed by atoms with van der Waals surface area (Å²) in [6, 6.07) is 5.07. The first kappa shape index (κ1) is 13.5. The van der Waals surface area contributed by atoms with Crippen molar-refractivity contribution >= 4 is 6.29 Å². The number of aliphatic hydroxyl groups excluding tert-OH is 1. The number of carbonyl (C=O) groups is 1. The molecule has 0 bridgehead atoms. The van der Waals surface area contributed by atoms with Gasteiger partial charge < -0.3 is 14.6 Å². The van der Waals surface area contributed by atoms with E-state index in [-0.39, 0.29) is 6.61 Å². The molecular formula is C13H18O4. The van der Waals surface area contributed by atoms with E-state index in [9.17, 15) is 4.79 Å². The van der Waals surface area contributed by atoms with Gasteiger partial charge in [-0.1, -0.05) is 0 Å². The monoisotopic (exact) mass is 238 g/mol. The van der Waals surface area contributed by atoms with Gasteiger partial charge in [-0.3, -0.25) is 4.79 Å². The number of rotatable bonds is 8. The fourth-order valence-electron chi connectivity index (χ4n) is 1.45. The fourth-order valence-corrected chi connectivity index (χ4v) is 1.45. The van der Waals surface area contributed by atoms with E-state index < -0.39 is 0 Å². The number of carbonyl (C=O) groups excluding carboxylic acids is 1. The smallest absolute Gasteiger partial charge is 0.161 e. The number of aldehydes is 1. The summed E-state index contributed by atoms with van der Waals surface area (Å²) < 4.78 is 10.7. The van der Waals surface area contributed by atoms with Crippen molar-refractivity contribution in [3.8, 4) is 11.5 Å². The van der Waals surface area contributed by atoms with Crippen molar-refractivity contribution in [2.24, 2.45) is 0 Å². The number of aliphatic hydroxyl groups is 1. The minimum absolute atomic E-state index is 0.220. The lowest BCUT2D eigenvalue weighted by molar-refractivity contribution is 0.112. The third-order valence-corrected chi connectivity index (χ3v) is 2.38. The Bertz CT molecular complexity index is 349. The van der Waals surface area contributed by atoms with Crippen LogP contribution in [-0.4, -0.2) is 31.7 Å². The number of hydrogen-bond donors (Lipinski definition) is 1. The van der Waals surface area contributed by atoms with E-state index in [0.29, 0.717) is 23.7 Å². The van der Waals surface area contributed by atoms with Crippen molar-refractivity contribution in [1.82, 2.24) is 0 Å². The van der Waals surface area contributed by atoms with E-state index in [2.05, 4.69) is 0 Å². The zero-order valence-electron chi connectivity index (χ0n) is 10.0. The van der Waals surface area contributed by atoms with Crippen molar-refractivity contribution in [3.05, 3.63) is 23.8 Å². The van der Waals surface area contributed by atoms with Crippen molar-refractivity contribution in [3.63, 3.8) is 0 Å². The molecule has 1 rings (SSSR count). The van der Waals surface area contributed by atoms with Gasteiger partial charge in [0.15, 0.2) is 11.5 Å². The lowest BCUT2D eigenvalue weighted by atomic mass is 10.2. The minimum atomic E-state index is 0.220. The highest BCUT2D eigenvalue weighted by atomic mass is 16.5. The molecule has 0 fully saturated rings. The predicted molar refractivity (Wildman–Crippen MR) is 64.8 cm³/mol. The van der Waals surface area contributed by atoms with Crippen LogP contribution in [0.5, 0.6) is 11.5 Å². The van der Waals surface area contributed by atoms with Gasteiger partial charge in [0.25, 0.3) is 0 Å². The molecule has 0 radical (unpaired) electrons. The molecule has 1 N–H and O–H groups in total. The fraction of sp³-hybridized carbons (Fsp3) is 0.462. The normalized spacial score (nSPS) is 10.0. The van der Waals surface area contributed by atoms with E-state index in [4.69, 9.17) is 14.6 Å². The van der Waals surface area contributed by atoms with Crippen LogP contribution in [0.3, 0.4) is 0 Å². The quantitative estimate of drug-likeness (QED) is 0.556. The molecule has 0 saturated carbocycles. The Balaban J connectivity index is 2.49. The highest BCUT2D eigenvalue weighted by Gasteiger charge is 2.05. The molecule has 94 valence electrons. The minimum Gasteiger partial charge on any atom is -0.493 e. The lowest BCUT2D eigenvalue weighted by Crippen LogP contribution is -2.00. The molecule has 1 aromatic carbocycles. The molecule has 0 spiro atoms. The molecule has 0 aromatic heterocycles. The Morgan fingerprint density at radius 2 is 2.06 bits per heavy atom. The van der Waals surface area contributed by atoms with Gasteiger partial charge in [0.2, 0.25) is 0 Å². The topological polar surface area (TPSA) is 55.8 Å². The molecule has 0 aliphatic rings. The van der Waals surface area contributed by atoms with Crippen molar-refractivity contribution in [2.45, 2.75) is 19.3 Å². The molecule has 0 heterocycles.